The summed E-state index contributed by atoms with van der Waals surface area (Å²) in [7, 11) is 3.84. The Kier molecular flexibility index (Phi) is 10.2. The third kappa shape index (κ3) is 7.98. The minimum atomic E-state index is -0.308. The third-order valence-corrected chi connectivity index (χ3v) is 7.28. The van der Waals surface area contributed by atoms with Gasteiger partial charge in [0.15, 0.2) is 0 Å². The van der Waals surface area contributed by atoms with E-state index in [1.807, 2.05) is 43.3 Å². The maximum absolute atomic E-state index is 12.8. The van der Waals surface area contributed by atoms with E-state index in [1.165, 1.54) is 12.3 Å². The highest BCUT2D eigenvalue weighted by atomic mass is 35.5. The van der Waals surface area contributed by atoms with Crippen molar-refractivity contribution in [3.8, 4) is 17.6 Å². The Morgan fingerprint density at radius 2 is 2.05 bits per heavy atom. The van der Waals surface area contributed by atoms with E-state index in [4.69, 9.17) is 37.4 Å². The monoisotopic (exact) mass is 631 g/mol. The van der Waals surface area contributed by atoms with Crippen molar-refractivity contribution in [3.63, 3.8) is 0 Å². The van der Waals surface area contributed by atoms with Crippen LogP contribution in [0.1, 0.15) is 17.5 Å². The lowest BCUT2D eigenvalue weighted by atomic mass is 10.1. The maximum Gasteiger partial charge on any atom is 0.248 e. The number of halogens is 2. The van der Waals surface area contributed by atoms with E-state index in [0.717, 1.165) is 12.0 Å². The molecule has 0 saturated carbocycles. The smallest absolute Gasteiger partial charge is 0.248 e. The molecule has 5 rings (SSSR count). The summed E-state index contributed by atoms with van der Waals surface area (Å²) in [6, 6.07) is 18.4. The molecule has 1 atom stereocenters. The minimum Gasteiger partial charge on any atom is -0.487 e. The van der Waals surface area contributed by atoms with Crippen LogP contribution >= 0.6 is 23.2 Å². The number of rotatable bonds is 11. The third-order valence-electron chi connectivity index (χ3n) is 6.75. The molecule has 0 bridgehead atoms. The van der Waals surface area contributed by atoms with Gasteiger partial charge in [-0.05, 0) is 56.1 Å². The lowest BCUT2D eigenvalue weighted by molar-refractivity contribution is -0.111. The van der Waals surface area contributed by atoms with Gasteiger partial charge >= 0.3 is 0 Å². The number of anilines is 3. The standard InChI is InChI=1S/C33H31Cl2N5O4/c1-40(2)11-4-7-32(41)39-29-15-26-28(16-31(29)44-25-10-12-42-20-25)37-18-22(17-36)33(26)38-24-8-9-30(27(35)14-24)43-19-21-5-3-6-23(34)13-21/h3-9,13-16,18,25H,10-12,19-20H2,1-2H3,(H,37,38)(H,39,41)/t25-/m0/s1. The van der Waals surface area contributed by atoms with Gasteiger partial charge in [0.1, 0.15) is 30.3 Å². The van der Waals surface area contributed by atoms with E-state index in [-0.39, 0.29) is 12.0 Å². The molecule has 1 aromatic heterocycles. The summed E-state index contributed by atoms with van der Waals surface area (Å²) in [5.74, 6) is 0.662. The molecule has 1 aliphatic heterocycles. The van der Waals surface area contributed by atoms with Gasteiger partial charge in [-0.3, -0.25) is 9.78 Å². The van der Waals surface area contributed by atoms with Crippen molar-refractivity contribution in [2.75, 3.05) is 44.5 Å². The van der Waals surface area contributed by atoms with Gasteiger partial charge in [-0.25, -0.2) is 0 Å². The van der Waals surface area contributed by atoms with Gasteiger partial charge in [0.25, 0.3) is 0 Å². The minimum absolute atomic E-state index is 0.148. The zero-order valence-electron chi connectivity index (χ0n) is 24.3. The van der Waals surface area contributed by atoms with Crippen LogP contribution < -0.4 is 20.1 Å². The molecule has 1 fully saturated rings. The van der Waals surface area contributed by atoms with Gasteiger partial charge in [-0.1, -0.05) is 41.4 Å². The Labute approximate surface area is 265 Å². The summed E-state index contributed by atoms with van der Waals surface area (Å²) >= 11 is 12.7. The molecule has 2 N–H and O–H groups in total. The maximum atomic E-state index is 12.8. The molecular formula is C33H31Cl2N5O4. The average Bonchev–Trinajstić information content (AvgIpc) is 3.50. The molecular weight excluding hydrogens is 601 g/mol. The number of benzene rings is 3. The SMILES string of the molecule is CN(C)CC=CC(=O)Nc1cc2c(Nc3ccc(OCc4cccc(Cl)c4)c(Cl)c3)c(C#N)cnc2cc1O[C@H]1CCOC1. The van der Waals surface area contributed by atoms with Crippen LogP contribution in [0.15, 0.2) is 72.9 Å². The van der Waals surface area contributed by atoms with E-state index in [0.29, 0.717) is 81.4 Å². The van der Waals surface area contributed by atoms with E-state index >= 15 is 0 Å². The van der Waals surface area contributed by atoms with Crippen LogP contribution in [0, 0.1) is 11.3 Å². The van der Waals surface area contributed by atoms with Gasteiger partial charge in [0, 0.05) is 47.4 Å². The number of fused-ring (bicyclic) bond motifs is 1. The number of pyridine rings is 1. The van der Waals surface area contributed by atoms with Crippen molar-refractivity contribution in [3.05, 3.63) is 94.1 Å². The van der Waals surface area contributed by atoms with E-state index in [1.54, 1.807) is 36.4 Å². The average molecular weight is 633 g/mol. The van der Waals surface area contributed by atoms with Gasteiger partial charge < -0.3 is 29.7 Å². The largest absolute Gasteiger partial charge is 0.487 e. The summed E-state index contributed by atoms with van der Waals surface area (Å²) < 4.78 is 17.6. The fourth-order valence-electron chi connectivity index (χ4n) is 4.59. The van der Waals surface area contributed by atoms with Gasteiger partial charge in [0.2, 0.25) is 5.91 Å². The van der Waals surface area contributed by atoms with Crippen molar-refractivity contribution in [1.82, 2.24) is 9.88 Å². The van der Waals surface area contributed by atoms with Crippen LogP contribution in [0.3, 0.4) is 0 Å². The molecule has 44 heavy (non-hydrogen) atoms. The highest BCUT2D eigenvalue weighted by Gasteiger charge is 2.21. The van der Waals surface area contributed by atoms with Crippen LogP contribution in [-0.4, -0.2) is 55.7 Å². The molecule has 2 heterocycles. The summed E-state index contributed by atoms with van der Waals surface area (Å²) in [4.78, 5) is 19.3. The summed E-state index contributed by atoms with van der Waals surface area (Å²) in [6.07, 6.45) is 5.34. The second-order valence-corrected chi connectivity index (χ2v) is 11.3. The summed E-state index contributed by atoms with van der Waals surface area (Å²) in [5, 5.41) is 17.8. The number of likely N-dealkylation sites (N-methyl/N-ethyl adjacent to an activating group) is 1. The first-order chi connectivity index (χ1) is 21.3. The molecule has 3 aromatic carbocycles. The number of carbonyl (C=O) groups is 1. The highest BCUT2D eigenvalue weighted by molar-refractivity contribution is 6.32. The lowest BCUT2D eigenvalue weighted by Crippen LogP contribution is -2.18. The molecule has 1 amide bonds. The van der Waals surface area contributed by atoms with Crippen molar-refractivity contribution < 1.29 is 19.0 Å². The number of amides is 1. The zero-order valence-corrected chi connectivity index (χ0v) is 25.8. The Bertz CT molecular complexity index is 1730. The zero-order chi connectivity index (χ0) is 31.1. The molecule has 0 radical (unpaired) electrons. The fourth-order valence-corrected chi connectivity index (χ4v) is 5.04. The second kappa shape index (κ2) is 14.4. The predicted octanol–water partition coefficient (Wildman–Crippen LogP) is 6.96. The molecule has 0 unspecified atom stereocenters. The van der Waals surface area contributed by atoms with Gasteiger partial charge in [-0.2, -0.15) is 5.26 Å². The quantitative estimate of drug-likeness (QED) is 0.171. The normalized spacial score (nSPS) is 14.6. The summed E-state index contributed by atoms with van der Waals surface area (Å²) in [5.41, 5.74) is 3.40. The predicted molar refractivity (Wildman–Crippen MR) is 173 cm³/mol. The number of aromatic nitrogens is 1. The first-order valence-electron chi connectivity index (χ1n) is 14.0. The van der Waals surface area contributed by atoms with E-state index in [9.17, 15) is 10.1 Å². The topological polar surface area (TPSA) is 109 Å². The van der Waals surface area contributed by atoms with Crippen molar-refractivity contribution in [1.29, 1.82) is 5.26 Å². The van der Waals surface area contributed by atoms with Crippen LogP contribution in [-0.2, 0) is 16.1 Å². The van der Waals surface area contributed by atoms with Crippen LogP contribution in [0.2, 0.25) is 10.0 Å². The van der Waals surface area contributed by atoms with Crippen molar-refractivity contribution >= 4 is 57.1 Å². The molecule has 1 aliphatic rings. The van der Waals surface area contributed by atoms with Crippen LogP contribution in [0.5, 0.6) is 11.5 Å². The number of nitriles is 1. The van der Waals surface area contributed by atoms with E-state index < -0.39 is 0 Å². The lowest BCUT2D eigenvalue weighted by Gasteiger charge is -2.19. The first-order valence-corrected chi connectivity index (χ1v) is 14.7. The molecule has 1 saturated heterocycles. The van der Waals surface area contributed by atoms with Crippen molar-refractivity contribution in [2.24, 2.45) is 0 Å². The van der Waals surface area contributed by atoms with E-state index in [2.05, 4.69) is 21.7 Å². The number of nitrogens with zero attached hydrogens (tertiary/aromatic N) is 3. The molecule has 0 aliphatic carbocycles. The Morgan fingerprint density at radius 1 is 1.18 bits per heavy atom. The first kappa shape index (κ1) is 31.1. The molecule has 11 heteroatoms. The molecule has 4 aromatic rings. The van der Waals surface area contributed by atoms with Gasteiger partial charge in [0.05, 0.1) is 40.7 Å². The second-order valence-electron chi connectivity index (χ2n) is 10.5. The number of carbonyl (C=O) groups excluding carboxylic acids is 1. The molecule has 0 spiro atoms. The van der Waals surface area contributed by atoms with Crippen molar-refractivity contribution in [2.45, 2.75) is 19.1 Å². The Hall–Kier alpha value is -4.33. The molecule has 9 nitrogen and oxygen atoms in total. The van der Waals surface area contributed by atoms with Crippen LogP contribution in [0.4, 0.5) is 17.1 Å². The number of hydrogen-bond donors (Lipinski definition) is 2. The Morgan fingerprint density at radius 3 is 2.77 bits per heavy atom. The van der Waals surface area contributed by atoms with Crippen LogP contribution in [0.25, 0.3) is 10.9 Å². The van der Waals surface area contributed by atoms with Gasteiger partial charge in [-0.15, -0.1) is 0 Å². The fraction of sp³-hybridized carbons (Fsp3) is 0.242. The number of ether oxygens (including phenoxy) is 3. The highest BCUT2D eigenvalue weighted by Crippen LogP contribution is 2.38. The summed E-state index contributed by atoms with van der Waals surface area (Å²) in [6.45, 7) is 1.99. The number of nitrogens with one attached hydrogen (secondary N) is 2. The molecule has 226 valence electrons. The number of hydrogen-bond acceptors (Lipinski definition) is 8. The Balaban J connectivity index is 1.45.